The van der Waals surface area contributed by atoms with Gasteiger partial charge in [0.05, 0.1) is 5.54 Å². The predicted octanol–water partition coefficient (Wildman–Crippen LogP) is 4.30. The monoisotopic (exact) mass is 399 g/mol. The number of ether oxygens (including phenoxy) is 1. The summed E-state index contributed by atoms with van der Waals surface area (Å²) in [4.78, 5) is 27.9. The van der Waals surface area contributed by atoms with E-state index in [-0.39, 0.29) is 5.91 Å². The summed E-state index contributed by atoms with van der Waals surface area (Å²) in [5.74, 6) is 0.431. The molecule has 1 atom stereocenters. The van der Waals surface area contributed by atoms with E-state index in [2.05, 4.69) is 27.8 Å². The van der Waals surface area contributed by atoms with Gasteiger partial charge in [0.15, 0.2) is 0 Å². The maximum absolute atomic E-state index is 12.6. The molecule has 0 radical (unpaired) electrons. The van der Waals surface area contributed by atoms with E-state index in [1.807, 2.05) is 46.0 Å². The second-order valence-electron chi connectivity index (χ2n) is 9.31. The lowest BCUT2D eigenvalue weighted by Crippen LogP contribution is -2.55. The van der Waals surface area contributed by atoms with E-state index in [1.165, 1.54) is 10.9 Å². The third-order valence-electron chi connectivity index (χ3n) is 5.43. The van der Waals surface area contributed by atoms with E-state index in [9.17, 15) is 9.59 Å². The van der Waals surface area contributed by atoms with Gasteiger partial charge >= 0.3 is 6.09 Å². The van der Waals surface area contributed by atoms with Gasteiger partial charge in [-0.25, -0.2) is 4.79 Å². The highest BCUT2D eigenvalue weighted by Crippen LogP contribution is 2.39. The molecule has 2 amide bonds. The number of aromatic amines is 1. The van der Waals surface area contributed by atoms with E-state index in [4.69, 9.17) is 4.74 Å². The summed E-state index contributed by atoms with van der Waals surface area (Å²) < 4.78 is 5.31. The van der Waals surface area contributed by atoms with Crippen molar-refractivity contribution < 1.29 is 14.3 Å². The van der Waals surface area contributed by atoms with Crippen LogP contribution in [0.5, 0.6) is 0 Å². The average molecular weight is 400 g/mol. The number of benzene rings is 1. The molecule has 0 saturated heterocycles. The minimum Gasteiger partial charge on any atom is -0.444 e. The molecule has 1 fully saturated rings. The van der Waals surface area contributed by atoms with Crippen LogP contribution in [-0.2, 0) is 16.0 Å². The lowest BCUT2D eigenvalue weighted by atomic mass is 9.95. The Kier molecular flexibility index (Phi) is 6.20. The van der Waals surface area contributed by atoms with Crippen LogP contribution in [-0.4, -0.2) is 34.7 Å². The number of alkyl carbamates (subject to hydrolysis) is 1. The van der Waals surface area contributed by atoms with Gasteiger partial charge in [-0.15, -0.1) is 0 Å². The van der Waals surface area contributed by atoms with E-state index in [1.54, 1.807) is 0 Å². The minimum absolute atomic E-state index is 0.0326. The second kappa shape index (κ2) is 8.47. The maximum atomic E-state index is 12.6. The lowest BCUT2D eigenvalue weighted by Gasteiger charge is -2.32. The number of rotatable bonds is 8. The van der Waals surface area contributed by atoms with Crippen molar-refractivity contribution in [2.75, 3.05) is 6.54 Å². The first kappa shape index (κ1) is 21.2. The topological polar surface area (TPSA) is 83.2 Å². The van der Waals surface area contributed by atoms with Crippen LogP contribution in [0, 0.1) is 5.92 Å². The minimum atomic E-state index is -0.536. The van der Waals surface area contributed by atoms with Gasteiger partial charge in [0.25, 0.3) is 0 Å². The summed E-state index contributed by atoms with van der Waals surface area (Å²) in [6, 6.07) is 8.21. The summed E-state index contributed by atoms with van der Waals surface area (Å²) in [6.45, 7) is 7.90. The number of carbonyl (C=O) groups excluding carboxylic acids is 2. The largest absolute Gasteiger partial charge is 0.444 e. The highest BCUT2D eigenvalue weighted by Gasteiger charge is 2.42. The molecule has 1 aromatic carbocycles. The van der Waals surface area contributed by atoms with Gasteiger partial charge < -0.3 is 20.4 Å². The smallest absolute Gasteiger partial charge is 0.407 e. The number of H-pyrrole nitrogens is 1. The summed E-state index contributed by atoms with van der Waals surface area (Å²) >= 11 is 0. The van der Waals surface area contributed by atoms with E-state index >= 15 is 0 Å². The third kappa shape index (κ3) is 5.99. The van der Waals surface area contributed by atoms with Crippen molar-refractivity contribution >= 4 is 22.9 Å². The Morgan fingerprint density at radius 1 is 1.17 bits per heavy atom. The van der Waals surface area contributed by atoms with Crippen LogP contribution < -0.4 is 10.6 Å². The van der Waals surface area contributed by atoms with Gasteiger partial charge in [0.1, 0.15) is 5.60 Å². The Balaban J connectivity index is 1.48. The molecule has 1 heterocycles. The van der Waals surface area contributed by atoms with Crippen molar-refractivity contribution in [3.8, 4) is 0 Å². The molecule has 1 saturated carbocycles. The summed E-state index contributed by atoms with van der Waals surface area (Å²) in [7, 11) is 0. The zero-order chi connectivity index (χ0) is 21.1. The molecule has 0 aliphatic heterocycles. The van der Waals surface area contributed by atoms with E-state index in [0.717, 1.165) is 31.2 Å². The average Bonchev–Trinajstić information content (AvgIpc) is 3.42. The van der Waals surface area contributed by atoms with Crippen molar-refractivity contribution in [3.63, 3.8) is 0 Å². The van der Waals surface area contributed by atoms with Crippen molar-refractivity contribution in [1.29, 1.82) is 0 Å². The number of aromatic nitrogens is 1. The van der Waals surface area contributed by atoms with Crippen LogP contribution in [0.3, 0.4) is 0 Å². The van der Waals surface area contributed by atoms with Crippen molar-refractivity contribution in [3.05, 3.63) is 36.0 Å². The van der Waals surface area contributed by atoms with Gasteiger partial charge in [-0.05, 0) is 70.9 Å². The number of aryl methyl sites for hydroxylation is 1. The molecule has 6 heteroatoms. The summed E-state index contributed by atoms with van der Waals surface area (Å²) in [6.07, 6.45) is 5.83. The highest BCUT2D eigenvalue weighted by molar-refractivity contribution is 5.83. The van der Waals surface area contributed by atoms with Crippen molar-refractivity contribution in [2.45, 2.75) is 70.9 Å². The summed E-state index contributed by atoms with van der Waals surface area (Å²) in [5.41, 5.74) is 1.40. The molecule has 1 unspecified atom stereocenters. The number of hydrogen-bond donors (Lipinski definition) is 3. The first-order valence-corrected chi connectivity index (χ1v) is 10.5. The van der Waals surface area contributed by atoms with Crippen LogP contribution in [0.25, 0.3) is 10.9 Å². The molecule has 1 aliphatic carbocycles. The maximum Gasteiger partial charge on any atom is 0.407 e. The van der Waals surface area contributed by atoms with Gasteiger partial charge in [0.2, 0.25) is 5.91 Å². The normalized spacial score (nSPS) is 16.3. The Labute approximate surface area is 172 Å². The molecule has 1 aliphatic rings. The number of para-hydroxylation sites is 1. The zero-order valence-corrected chi connectivity index (χ0v) is 17.9. The predicted molar refractivity (Wildman–Crippen MR) is 115 cm³/mol. The number of amides is 2. The van der Waals surface area contributed by atoms with Crippen LogP contribution in [0.2, 0.25) is 0 Å². The quantitative estimate of drug-likeness (QED) is 0.619. The fraction of sp³-hybridized carbons (Fsp3) is 0.565. The summed E-state index contributed by atoms with van der Waals surface area (Å²) in [5, 5.41) is 7.22. The first-order chi connectivity index (χ1) is 13.7. The molecule has 6 nitrogen and oxygen atoms in total. The molecule has 3 N–H and O–H groups in total. The fourth-order valence-corrected chi connectivity index (χ4v) is 3.74. The molecule has 158 valence electrons. The second-order valence-corrected chi connectivity index (χ2v) is 9.31. The molecule has 3 rings (SSSR count). The van der Waals surface area contributed by atoms with Crippen LogP contribution in [0.1, 0.15) is 58.9 Å². The number of hydrogen-bond acceptors (Lipinski definition) is 3. The molecule has 2 aromatic rings. The standard InChI is InChI=1S/C23H33N3O3/c1-22(2,3)29-21(28)25-15-23(4,17-12-13-17)26-20(27)11-7-8-16-14-24-19-10-6-5-9-18(16)19/h5-6,9-10,14,17,24H,7-8,11-13,15H2,1-4H3,(H,25,28)(H,26,27). The van der Waals surface area contributed by atoms with Crippen LogP contribution in [0.4, 0.5) is 4.79 Å². The Hall–Kier alpha value is -2.50. The number of carbonyl (C=O) groups is 2. The van der Waals surface area contributed by atoms with Gasteiger partial charge in [-0.1, -0.05) is 18.2 Å². The van der Waals surface area contributed by atoms with Crippen LogP contribution >= 0.6 is 0 Å². The van der Waals surface area contributed by atoms with Gasteiger partial charge in [-0.3, -0.25) is 4.79 Å². The fourth-order valence-electron chi connectivity index (χ4n) is 3.74. The zero-order valence-electron chi connectivity index (χ0n) is 17.9. The first-order valence-electron chi connectivity index (χ1n) is 10.5. The van der Waals surface area contributed by atoms with Gasteiger partial charge in [0, 0.05) is 30.1 Å². The lowest BCUT2D eigenvalue weighted by molar-refractivity contribution is -0.123. The highest BCUT2D eigenvalue weighted by atomic mass is 16.6. The molecule has 1 aromatic heterocycles. The molecule has 29 heavy (non-hydrogen) atoms. The number of nitrogens with one attached hydrogen (secondary N) is 3. The number of fused-ring (bicyclic) bond motifs is 1. The van der Waals surface area contributed by atoms with Crippen molar-refractivity contribution in [1.82, 2.24) is 15.6 Å². The Bertz CT molecular complexity index is 864. The van der Waals surface area contributed by atoms with Gasteiger partial charge in [-0.2, -0.15) is 0 Å². The molecule has 0 bridgehead atoms. The van der Waals surface area contributed by atoms with E-state index in [0.29, 0.717) is 18.9 Å². The SMILES string of the molecule is CC(C)(C)OC(=O)NCC(C)(NC(=O)CCCc1c[nH]c2ccccc12)C1CC1. The van der Waals surface area contributed by atoms with Crippen LogP contribution in [0.15, 0.2) is 30.5 Å². The molecule has 0 spiro atoms. The van der Waals surface area contributed by atoms with E-state index < -0.39 is 17.2 Å². The van der Waals surface area contributed by atoms with Crippen molar-refractivity contribution in [2.24, 2.45) is 5.92 Å². The molecular formula is C23H33N3O3. The third-order valence-corrected chi connectivity index (χ3v) is 5.43. The Morgan fingerprint density at radius 3 is 2.59 bits per heavy atom. The Morgan fingerprint density at radius 2 is 1.90 bits per heavy atom. The molecular weight excluding hydrogens is 366 g/mol.